The van der Waals surface area contributed by atoms with Crippen molar-refractivity contribution in [2.45, 2.75) is 12.5 Å². The molecule has 0 aromatic heterocycles. The summed E-state index contributed by atoms with van der Waals surface area (Å²) in [6.07, 6.45) is 0.746. The minimum atomic E-state index is -0.454. The highest BCUT2D eigenvalue weighted by Gasteiger charge is 2.17. The molecule has 0 saturated carbocycles. The fraction of sp³-hybridized carbons (Fsp3) is 0.417. The Bertz CT molecular complexity index is 433. The second-order valence-corrected chi connectivity index (χ2v) is 4.08. The summed E-state index contributed by atoms with van der Waals surface area (Å²) in [7, 11) is 0. The lowest BCUT2D eigenvalue weighted by Crippen LogP contribution is -2.23. The van der Waals surface area contributed by atoms with E-state index in [4.69, 9.17) is 15.2 Å². The highest BCUT2D eigenvalue weighted by Crippen LogP contribution is 2.19. The van der Waals surface area contributed by atoms with Crippen molar-refractivity contribution in [2.75, 3.05) is 30.9 Å². The molecule has 1 aliphatic heterocycles. The number of nitrogen functional groups attached to an aromatic ring is 1. The number of benzene rings is 1. The van der Waals surface area contributed by atoms with E-state index in [0.717, 1.165) is 6.42 Å². The number of halogens is 1. The van der Waals surface area contributed by atoms with Crippen LogP contribution in [0.4, 0.5) is 15.8 Å². The Balaban J connectivity index is 1.84. The van der Waals surface area contributed by atoms with Gasteiger partial charge in [-0.25, -0.2) is 4.39 Å². The highest BCUT2D eigenvalue weighted by molar-refractivity contribution is 5.94. The molecular formula is C12H15FN2O3. The molecule has 5 nitrogen and oxygen atoms in total. The Kier molecular flexibility index (Phi) is 4.11. The maximum absolute atomic E-state index is 13.0. The van der Waals surface area contributed by atoms with Crippen molar-refractivity contribution in [3.8, 4) is 0 Å². The van der Waals surface area contributed by atoms with E-state index < -0.39 is 5.82 Å². The number of carbonyl (C=O) groups excluding carboxylic acids is 1. The summed E-state index contributed by atoms with van der Waals surface area (Å²) in [5.41, 5.74) is 6.18. The van der Waals surface area contributed by atoms with E-state index in [1.807, 2.05) is 0 Å². The van der Waals surface area contributed by atoms with E-state index in [9.17, 15) is 9.18 Å². The second-order valence-electron chi connectivity index (χ2n) is 4.08. The standard InChI is InChI=1S/C12H15FN2O3/c13-8-1-2-10(14)11(5-8)15-12(16)7-18-9-3-4-17-6-9/h1-2,5,9H,3-4,6-7,14H2,(H,15,16). The molecule has 2 rings (SSSR count). The molecule has 0 bridgehead atoms. The van der Waals surface area contributed by atoms with Crippen molar-refractivity contribution in [3.63, 3.8) is 0 Å². The summed E-state index contributed by atoms with van der Waals surface area (Å²) >= 11 is 0. The SMILES string of the molecule is Nc1ccc(F)cc1NC(=O)COC1CCOC1. The van der Waals surface area contributed by atoms with Gasteiger partial charge in [-0.3, -0.25) is 4.79 Å². The lowest BCUT2D eigenvalue weighted by atomic mass is 10.2. The lowest BCUT2D eigenvalue weighted by molar-refractivity contribution is -0.122. The van der Waals surface area contributed by atoms with E-state index in [1.54, 1.807) is 0 Å². The fourth-order valence-corrected chi connectivity index (χ4v) is 1.66. The first kappa shape index (κ1) is 12.8. The number of anilines is 2. The molecule has 18 heavy (non-hydrogen) atoms. The van der Waals surface area contributed by atoms with E-state index >= 15 is 0 Å². The summed E-state index contributed by atoms with van der Waals surface area (Å²) < 4.78 is 23.4. The maximum atomic E-state index is 13.0. The molecule has 6 heteroatoms. The molecule has 1 atom stereocenters. The van der Waals surface area contributed by atoms with Crippen LogP contribution in [0.15, 0.2) is 18.2 Å². The minimum absolute atomic E-state index is 0.0411. The van der Waals surface area contributed by atoms with Crippen LogP contribution in [0, 0.1) is 5.82 Å². The zero-order valence-electron chi connectivity index (χ0n) is 9.82. The molecule has 1 fully saturated rings. The Morgan fingerprint density at radius 1 is 1.61 bits per heavy atom. The van der Waals surface area contributed by atoms with Gasteiger partial charge in [-0.15, -0.1) is 0 Å². The van der Waals surface area contributed by atoms with Gasteiger partial charge in [0.2, 0.25) is 5.91 Å². The predicted molar refractivity (Wildman–Crippen MR) is 64.6 cm³/mol. The van der Waals surface area contributed by atoms with Crippen LogP contribution in [0.3, 0.4) is 0 Å². The molecule has 98 valence electrons. The maximum Gasteiger partial charge on any atom is 0.250 e. The summed E-state index contributed by atoms with van der Waals surface area (Å²) in [5, 5.41) is 2.51. The Hall–Kier alpha value is -1.66. The van der Waals surface area contributed by atoms with E-state index in [-0.39, 0.29) is 24.3 Å². The van der Waals surface area contributed by atoms with Crippen LogP contribution in [0.1, 0.15) is 6.42 Å². The van der Waals surface area contributed by atoms with Crippen LogP contribution in [0.2, 0.25) is 0 Å². The van der Waals surface area contributed by atoms with Gasteiger partial charge in [-0.2, -0.15) is 0 Å². The molecule has 1 heterocycles. The van der Waals surface area contributed by atoms with Gasteiger partial charge in [0, 0.05) is 6.61 Å². The topological polar surface area (TPSA) is 73.6 Å². The first-order valence-corrected chi connectivity index (χ1v) is 5.69. The van der Waals surface area contributed by atoms with Crippen LogP contribution < -0.4 is 11.1 Å². The van der Waals surface area contributed by atoms with Gasteiger partial charge in [-0.1, -0.05) is 0 Å². The third-order valence-electron chi connectivity index (χ3n) is 2.63. The van der Waals surface area contributed by atoms with Crippen molar-refractivity contribution in [1.29, 1.82) is 0 Å². The summed E-state index contributed by atoms with van der Waals surface area (Å²) in [5.74, 6) is -0.816. The Morgan fingerprint density at radius 3 is 3.17 bits per heavy atom. The van der Waals surface area contributed by atoms with Crippen LogP contribution in [-0.2, 0) is 14.3 Å². The van der Waals surface area contributed by atoms with E-state index in [0.29, 0.717) is 18.9 Å². The summed E-state index contributed by atoms with van der Waals surface area (Å²) in [4.78, 5) is 11.6. The molecule has 1 amide bonds. The third-order valence-corrected chi connectivity index (χ3v) is 2.63. The van der Waals surface area contributed by atoms with Crippen molar-refractivity contribution in [3.05, 3.63) is 24.0 Å². The monoisotopic (exact) mass is 254 g/mol. The van der Waals surface area contributed by atoms with Gasteiger partial charge in [0.05, 0.1) is 24.1 Å². The molecule has 1 aromatic carbocycles. The van der Waals surface area contributed by atoms with Crippen molar-refractivity contribution >= 4 is 17.3 Å². The largest absolute Gasteiger partial charge is 0.397 e. The number of hydrogen-bond donors (Lipinski definition) is 2. The number of nitrogens with two attached hydrogens (primary N) is 1. The number of hydrogen-bond acceptors (Lipinski definition) is 4. The molecule has 0 spiro atoms. The average molecular weight is 254 g/mol. The number of ether oxygens (including phenoxy) is 2. The summed E-state index contributed by atoms with van der Waals surface area (Å²) in [6, 6.07) is 3.81. The van der Waals surface area contributed by atoms with Crippen LogP contribution >= 0.6 is 0 Å². The van der Waals surface area contributed by atoms with Crippen molar-refractivity contribution in [2.24, 2.45) is 0 Å². The highest BCUT2D eigenvalue weighted by atomic mass is 19.1. The van der Waals surface area contributed by atoms with Crippen LogP contribution in [-0.4, -0.2) is 31.8 Å². The van der Waals surface area contributed by atoms with Gasteiger partial charge < -0.3 is 20.5 Å². The molecule has 1 aliphatic rings. The first-order chi connectivity index (χ1) is 8.65. The van der Waals surface area contributed by atoms with Crippen molar-refractivity contribution < 1.29 is 18.7 Å². The second kappa shape index (κ2) is 5.79. The molecule has 0 aliphatic carbocycles. The molecule has 0 radical (unpaired) electrons. The number of amides is 1. The zero-order chi connectivity index (χ0) is 13.0. The number of rotatable bonds is 4. The molecule has 1 saturated heterocycles. The molecule has 3 N–H and O–H groups in total. The number of carbonyl (C=O) groups is 1. The van der Waals surface area contributed by atoms with Crippen LogP contribution in [0.25, 0.3) is 0 Å². The summed E-state index contributed by atoms with van der Waals surface area (Å²) in [6.45, 7) is 1.07. The quantitative estimate of drug-likeness (QED) is 0.790. The minimum Gasteiger partial charge on any atom is -0.397 e. The van der Waals surface area contributed by atoms with E-state index in [1.165, 1.54) is 18.2 Å². The van der Waals surface area contributed by atoms with Crippen LogP contribution in [0.5, 0.6) is 0 Å². The smallest absolute Gasteiger partial charge is 0.250 e. The van der Waals surface area contributed by atoms with Gasteiger partial charge in [0.15, 0.2) is 0 Å². The first-order valence-electron chi connectivity index (χ1n) is 5.69. The third kappa shape index (κ3) is 3.41. The Labute approximate surface area is 104 Å². The van der Waals surface area contributed by atoms with E-state index in [2.05, 4.69) is 5.32 Å². The van der Waals surface area contributed by atoms with Gasteiger partial charge >= 0.3 is 0 Å². The number of nitrogens with one attached hydrogen (secondary N) is 1. The molecule has 1 aromatic rings. The van der Waals surface area contributed by atoms with Crippen molar-refractivity contribution in [1.82, 2.24) is 0 Å². The molecular weight excluding hydrogens is 239 g/mol. The fourth-order valence-electron chi connectivity index (χ4n) is 1.66. The molecule has 1 unspecified atom stereocenters. The average Bonchev–Trinajstić information content (AvgIpc) is 2.84. The van der Waals surface area contributed by atoms with Gasteiger partial charge in [0.1, 0.15) is 12.4 Å². The Morgan fingerprint density at radius 2 is 2.44 bits per heavy atom. The zero-order valence-corrected chi connectivity index (χ0v) is 9.82. The van der Waals surface area contributed by atoms with Gasteiger partial charge in [-0.05, 0) is 24.6 Å². The normalized spacial score (nSPS) is 18.8. The predicted octanol–water partition coefficient (Wildman–Crippen LogP) is 1.15. The van der Waals surface area contributed by atoms with Gasteiger partial charge in [0.25, 0.3) is 0 Å². The lowest BCUT2D eigenvalue weighted by Gasteiger charge is -2.11.